The number of nitrogens with zero attached hydrogens (tertiary/aromatic N) is 3. The summed E-state index contributed by atoms with van der Waals surface area (Å²) >= 11 is 0. The van der Waals surface area contributed by atoms with Gasteiger partial charge < -0.3 is 4.90 Å². The summed E-state index contributed by atoms with van der Waals surface area (Å²) < 4.78 is 39.4. The van der Waals surface area contributed by atoms with Crippen molar-refractivity contribution in [3.8, 4) is 11.8 Å². The average molecular weight is 462 g/mol. The van der Waals surface area contributed by atoms with Crippen LogP contribution in [0.15, 0.2) is 101 Å². The first-order chi connectivity index (χ1) is 15.9. The molecule has 0 N–H and O–H groups in total. The predicted molar refractivity (Wildman–Crippen MR) is 132 cm³/mol. The Morgan fingerprint density at radius 1 is 1.30 bits per heavy atom. The van der Waals surface area contributed by atoms with E-state index in [1.54, 1.807) is 62.1 Å². The monoisotopic (exact) mass is 461 g/mol. The Kier molecular flexibility index (Phi) is 7.75. The van der Waals surface area contributed by atoms with E-state index in [4.69, 9.17) is 0 Å². The third-order valence-electron chi connectivity index (χ3n) is 4.90. The van der Waals surface area contributed by atoms with E-state index in [-0.39, 0.29) is 4.91 Å². The van der Waals surface area contributed by atoms with Gasteiger partial charge in [-0.05, 0) is 54.5 Å². The van der Waals surface area contributed by atoms with Gasteiger partial charge in [-0.25, -0.2) is 12.8 Å². The van der Waals surface area contributed by atoms with Gasteiger partial charge in [-0.15, -0.1) is 0 Å². The summed E-state index contributed by atoms with van der Waals surface area (Å²) in [5.74, 6) is 5.33. The van der Waals surface area contributed by atoms with E-state index in [2.05, 4.69) is 28.4 Å². The van der Waals surface area contributed by atoms with Crippen LogP contribution < -0.4 is 4.90 Å². The van der Waals surface area contributed by atoms with E-state index in [9.17, 15) is 12.8 Å². The van der Waals surface area contributed by atoms with Crippen LogP contribution in [0.25, 0.3) is 0 Å². The van der Waals surface area contributed by atoms with Crippen LogP contribution in [-0.2, 0) is 9.84 Å². The van der Waals surface area contributed by atoms with Crippen molar-refractivity contribution < 1.29 is 12.8 Å². The number of hydrogen-bond donors (Lipinski definition) is 0. The van der Waals surface area contributed by atoms with Gasteiger partial charge in [-0.3, -0.25) is 9.98 Å². The van der Waals surface area contributed by atoms with Gasteiger partial charge in [0.1, 0.15) is 5.82 Å². The summed E-state index contributed by atoms with van der Waals surface area (Å²) in [4.78, 5) is 10.4. The van der Waals surface area contributed by atoms with Crippen molar-refractivity contribution >= 4 is 21.7 Å². The molecule has 2 aromatic rings. The second-order valence-corrected chi connectivity index (χ2v) is 9.16. The molecule has 0 saturated carbocycles. The summed E-state index contributed by atoms with van der Waals surface area (Å²) in [6.45, 7) is 5.75. The molecular weight excluding hydrogens is 437 g/mol. The minimum Gasteiger partial charge on any atom is -0.329 e. The Morgan fingerprint density at radius 3 is 2.67 bits per heavy atom. The Morgan fingerprint density at radius 2 is 2.06 bits per heavy atom. The molecule has 168 valence electrons. The molecule has 33 heavy (non-hydrogen) atoms. The molecule has 5 nitrogen and oxygen atoms in total. The molecule has 1 aromatic carbocycles. The lowest BCUT2D eigenvalue weighted by atomic mass is 9.97. The number of benzene rings is 1. The van der Waals surface area contributed by atoms with E-state index in [1.165, 1.54) is 18.2 Å². The third-order valence-corrected chi connectivity index (χ3v) is 6.03. The molecule has 1 unspecified atom stereocenters. The van der Waals surface area contributed by atoms with Crippen molar-refractivity contribution in [3.05, 3.63) is 107 Å². The fourth-order valence-electron chi connectivity index (χ4n) is 3.46. The van der Waals surface area contributed by atoms with Crippen LogP contribution in [0.2, 0.25) is 0 Å². The van der Waals surface area contributed by atoms with E-state index < -0.39 is 21.7 Å². The number of aromatic nitrogens is 1. The highest BCUT2D eigenvalue weighted by molar-refractivity contribution is 7.94. The molecule has 0 spiro atoms. The van der Waals surface area contributed by atoms with Crippen molar-refractivity contribution in [2.75, 3.05) is 11.2 Å². The zero-order chi connectivity index (χ0) is 23.8. The minimum absolute atomic E-state index is 0.0770. The largest absolute Gasteiger partial charge is 0.329 e. The molecule has 1 atom stereocenters. The number of allylic oxidation sites excluding steroid dienone is 2. The summed E-state index contributed by atoms with van der Waals surface area (Å²) in [7, 11) is -3.64. The summed E-state index contributed by atoms with van der Waals surface area (Å²) in [5.41, 5.74) is 2.48. The highest BCUT2D eigenvalue weighted by Gasteiger charge is 2.31. The number of hydrogen-bond acceptors (Lipinski definition) is 5. The molecule has 1 aromatic heterocycles. The summed E-state index contributed by atoms with van der Waals surface area (Å²) in [5, 5.41) is 0. The van der Waals surface area contributed by atoms with E-state index in [0.29, 0.717) is 23.4 Å². The molecule has 0 radical (unpaired) electrons. The minimum atomic E-state index is -3.64. The maximum absolute atomic E-state index is 13.8. The first kappa shape index (κ1) is 23.9. The second kappa shape index (κ2) is 10.7. The molecule has 0 bridgehead atoms. The average Bonchev–Trinajstić information content (AvgIpc) is 3.06. The summed E-state index contributed by atoms with van der Waals surface area (Å²) in [6.07, 6.45) is 13.0. The molecule has 3 rings (SSSR count). The lowest BCUT2D eigenvalue weighted by Crippen LogP contribution is -2.31. The smallest absolute Gasteiger partial charge is 0.178 e. The van der Waals surface area contributed by atoms with Crippen molar-refractivity contribution in [3.63, 3.8) is 0 Å². The lowest BCUT2D eigenvalue weighted by Gasteiger charge is -2.37. The van der Waals surface area contributed by atoms with Gasteiger partial charge in [0.15, 0.2) is 9.84 Å². The van der Waals surface area contributed by atoms with Gasteiger partial charge in [0, 0.05) is 49.2 Å². The van der Waals surface area contributed by atoms with E-state index in [1.807, 2.05) is 11.0 Å². The lowest BCUT2D eigenvalue weighted by molar-refractivity contribution is 0.607. The fourth-order valence-corrected chi connectivity index (χ4v) is 4.30. The van der Waals surface area contributed by atoms with Crippen LogP contribution in [0.5, 0.6) is 0 Å². The predicted octanol–water partition coefficient (Wildman–Crippen LogP) is 5.15. The zero-order valence-corrected chi connectivity index (χ0v) is 19.3. The van der Waals surface area contributed by atoms with Gasteiger partial charge in [0.2, 0.25) is 0 Å². The maximum atomic E-state index is 13.8. The number of halogens is 1. The quantitative estimate of drug-likeness (QED) is 0.310. The van der Waals surface area contributed by atoms with Crippen molar-refractivity contribution in [2.45, 2.75) is 19.4 Å². The number of aliphatic imine (C=N–C) groups is 1. The van der Waals surface area contributed by atoms with Crippen LogP contribution in [0, 0.1) is 17.7 Å². The number of pyridine rings is 1. The van der Waals surface area contributed by atoms with Gasteiger partial charge in [-0.2, -0.15) is 0 Å². The first-order valence-electron chi connectivity index (χ1n) is 10.2. The summed E-state index contributed by atoms with van der Waals surface area (Å²) in [6, 6.07) is 9.01. The first-order valence-corrected chi connectivity index (χ1v) is 12.1. The molecule has 0 saturated heterocycles. The van der Waals surface area contributed by atoms with Gasteiger partial charge >= 0.3 is 0 Å². The topological polar surface area (TPSA) is 62.6 Å². The standard InChI is InChI=1S/C26H24FN3O2S/c1-4-20(18-28-5-2)26(21-10-9-17-29-19-21)30(23-15-13-22(27)14-16-23)24-11-7-6-8-12-25(24)33(3,31)32/h4-5,9-19,26H,1,7H2,2-3H3/b20-18+,28-5?. The Bertz CT molecular complexity index is 1300. The van der Waals surface area contributed by atoms with Crippen LogP contribution in [0.3, 0.4) is 0 Å². The molecule has 0 amide bonds. The van der Waals surface area contributed by atoms with Crippen LogP contribution in [0.4, 0.5) is 10.1 Å². The normalized spacial score (nSPS) is 15.1. The van der Waals surface area contributed by atoms with Crippen molar-refractivity contribution in [2.24, 2.45) is 4.99 Å². The van der Waals surface area contributed by atoms with Gasteiger partial charge in [0.25, 0.3) is 0 Å². The zero-order valence-electron chi connectivity index (χ0n) is 18.4. The molecule has 1 heterocycles. The molecule has 1 aliphatic carbocycles. The van der Waals surface area contributed by atoms with Gasteiger partial charge in [0.05, 0.1) is 16.6 Å². The Balaban J connectivity index is 2.36. The SMILES string of the molecule is C=C/C(=C\N=CC)C(c1cccnc1)N(C1=CCC#CC=C1S(C)(=O)=O)c1ccc(F)cc1. The van der Waals surface area contributed by atoms with E-state index >= 15 is 0 Å². The van der Waals surface area contributed by atoms with Crippen LogP contribution in [0.1, 0.15) is 24.9 Å². The number of anilines is 1. The molecular formula is C26H24FN3O2S. The molecule has 1 aliphatic rings. The molecule has 0 aliphatic heterocycles. The highest BCUT2D eigenvalue weighted by Crippen LogP contribution is 2.40. The maximum Gasteiger partial charge on any atom is 0.178 e. The molecule has 7 heteroatoms. The van der Waals surface area contributed by atoms with Crippen molar-refractivity contribution in [1.29, 1.82) is 0 Å². The van der Waals surface area contributed by atoms with Crippen LogP contribution >= 0.6 is 0 Å². The molecule has 0 fully saturated rings. The third kappa shape index (κ3) is 5.73. The second-order valence-electron chi connectivity index (χ2n) is 7.17. The number of rotatable bonds is 8. The van der Waals surface area contributed by atoms with Crippen LogP contribution in [-0.4, -0.2) is 25.9 Å². The van der Waals surface area contributed by atoms with Crippen molar-refractivity contribution in [1.82, 2.24) is 4.98 Å². The Hall–Kier alpha value is -3.76. The van der Waals surface area contributed by atoms with Gasteiger partial charge in [-0.1, -0.05) is 30.6 Å². The highest BCUT2D eigenvalue weighted by atomic mass is 32.2. The fraction of sp³-hybridized carbons (Fsp3) is 0.154. The Labute approximate surface area is 194 Å². The van der Waals surface area contributed by atoms with E-state index in [0.717, 1.165) is 11.8 Å². The number of sulfone groups is 1.